The van der Waals surface area contributed by atoms with Gasteiger partial charge in [0.25, 0.3) is 0 Å². The summed E-state index contributed by atoms with van der Waals surface area (Å²) in [7, 11) is 1.88. The van der Waals surface area contributed by atoms with E-state index in [1.807, 2.05) is 19.2 Å². The quantitative estimate of drug-likeness (QED) is 0.850. The van der Waals surface area contributed by atoms with E-state index >= 15 is 0 Å². The van der Waals surface area contributed by atoms with Crippen LogP contribution in [0.5, 0.6) is 0 Å². The van der Waals surface area contributed by atoms with Crippen LogP contribution in [-0.4, -0.2) is 17.0 Å². The van der Waals surface area contributed by atoms with Crippen molar-refractivity contribution in [1.29, 1.82) is 0 Å². The number of nitrogens with one attached hydrogen (secondary N) is 1. The fourth-order valence-electron chi connectivity index (χ4n) is 1.64. The summed E-state index contributed by atoms with van der Waals surface area (Å²) in [6.07, 6.45) is 5.99. The first kappa shape index (κ1) is 10.8. The molecule has 4 heteroatoms. The van der Waals surface area contributed by atoms with Gasteiger partial charge in [-0.05, 0) is 19.2 Å². The summed E-state index contributed by atoms with van der Waals surface area (Å²) in [6, 6.07) is 3.94. The van der Waals surface area contributed by atoms with Crippen molar-refractivity contribution in [1.82, 2.24) is 15.3 Å². The highest BCUT2D eigenvalue weighted by molar-refractivity contribution is 5.19. The molecule has 0 spiro atoms. The van der Waals surface area contributed by atoms with Crippen molar-refractivity contribution < 1.29 is 4.42 Å². The third-order valence-electron chi connectivity index (χ3n) is 2.48. The lowest BCUT2D eigenvalue weighted by Gasteiger charge is -2.12. The summed E-state index contributed by atoms with van der Waals surface area (Å²) >= 11 is 0. The molecule has 2 rings (SSSR count). The summed E-state index contributed by atoms with van der Waals surface area (Å²) in [5.74, 6) is 1.86. The highest BCUT2D eigenvalue weighted by Gasteiger charge is 2.16. The van der Waals surface area contributed by atoms with Crippen LogP contribution >= 0.6 is 0 Å². The van der Waals surface area contributed by atoms with Crippen LogP contribution in [0.2, 0.25) is 0 Å². The monoisotopic (exact) mass is 217 g/mol. The molecule has 2 aromatic rings. The molecule has 0 fully saturated rings. The number of aryl methyl sites for hydroxylation is 1. The molecule has 0 amide bonds. The van der Waals surface area contributed by atoms with Gasteiger partial charge in [0.05, 0.1) is 11.9 Å². The zero-order valence-corrected chi connectivity index (χ0v) is 9.47. The first-order valence-corrected chi connectivity index (χ1v) is 5.37. The minimum atomic E-state index is -0.0333. The predicted molar refractivity (Wildman–Crippen MR) is 61.0 cm³/mol. The Hall–Kier alpha value is -1.68. The van der Waals surface area contributed by atoms with E-state index in [2.05, 4.69) is 22.2 Å². The van der Waals surface area contributed by atoms with Gasteiger partial charge >= 0.3 is 0 Å². The normalized spacial score (nSPS) is 12.6. The van der Waals surface area contributed by atoms with E-state index in [0.29, 0.717) is 0 Å². The van der Waals surface area contributed by atoms with Crippen LogP contribution in [-0.2, 0) is 6.42 Å². The van der Waals surface area contributed by atoms with Gasteiger partial charge in [-0.1, -0.05) is 6.92 Å². The SMILES string of the molecule is CCc1ccc(C(NC)c2cnccn2)o1. The molecule has 0 aliphatic carbocycles. The molecule has 4 nitrogen and oxygen atoms in total. The fourth-order valence-corrected chi connectivity index (χ4v) is 1.64. The molecule has 0 radical (unpaired) electrons. The first-order chi connectivity index (χ1) is 7.85. The number of hydrogen-bond donors (Lipinski definition) is 1. The fraction of sp³-hybridized carbons (Fsp3) is 0.333. The van der Waals surface area contributed by atoms with Crippen molar-refractivity contribution in [3.63, 3.8) is 0 Å². The predicted octanol–water partition coefficient (Wildman–Crippen LogP) is 1.94. The number of furan rings is 1. The highest BCUT2D eigenvalue weighted by atomic mass is 16.3. The first-order valence-electron chi connectivity index (χ1n) is 5.37. The smallest absolute Gasteiger partial charge is 0.127 e. The standard InChI is InChI=1S/C12H15N3O/c1-3-9-4-5-11(16-9)12(13-2)10-8-14-6-7-15-10/h4-8,12-13H,3H2,1-2H3. The molecular formula is C12H15N3O. The Morgan fingerprint density at radius 2 is 2.25 bits per heavy atom. The van der Waals surface area contributed by atoms with Crippen LogP contribution in [0.15, 0.2) is 35.1 Å². The number of aromatic nitrogens is 2. The van der Waals surface area contributed by atoms with Gasteiger partial charge in [0.1, 0.15) is 17.6 Å². The maximum absolute atomic E-state index is 5.71. The number of nitrogens with zero attached hydrogens (tertiary/aromatic N) is 2. The number of rotatable bonds is 4. The molecule has 16 heavy (non-hydrogen) atoms. The molecule has 0 aliphatic rings. The second-order valence-electron chi connectivity index (χ2n) is 3.51. The van der Waals surface area contributed by atoms with Crippen molar-refractivity contribution in [3.8, 4) is 0 Å². The lowest BCUT2D eigenvalue weighted by atomic mass is 10.1. The molecule has 0 aliphatic heterocycles. The van der Waals surface area contributed by atoms with Crippen molar-refractivity contribution in [2.45, 2.75) is 19.4 Å². The van der Waals surface area contributed by atoms with E-state index < -0.39 is 0 Å². The molecule has 0 saturated heterocycles. The van der Waals surface area contributed by atoms with Gasteiger partial charge in [0.15, 0.2) is 0 Å². The van der Waals surface area contributed by atoms with Gasteiger partial charge in [0, 0.05) is 18.8 Å². The third kappa shape index (κ3) is 2.12. The second-order valence-corrected chi connectivity index (χ2v) is 3.51. The molecule has 1 unspecified atom stereocenters. The summed E-state index contributed by atoms with van der Waals surface area (Å²) in [5, 5.41) is 3.18. The molecule has 0 bridgehead atoms. The summed E-state index contributed by atoms with van der Waals surface area (Å²) < 4.78 is 5.71. The average Bonchev–Trinajstić information content (AvgIpc) is 2.80. The Balaban J connectivity index is 2.29. The lowest BCUT2D eigenvalue weighted by molar-refractivity contribution is 0.430. The molecular weight excluding hydrogens is 202 g/mol. The molecule has 2 heterocycles. The zero-order chi connectivity index (χ0) is 11.4. The molecule has 1 atom stereocenters. The minimum absolute atomic E-state index is 0.0333. The molecule has 2 aromatic heterocycles. The van der Waals surface area contributed by atoms with Crippen LogP contribution in [0.3, 0.4) is 0 Å². The Morgan fingerprint density at radius 1 is 1.38 bits per heavy atom. The Kier molecular flexibility index (Phi) is 3.31. The van der Waals surface area contributed by atoms with Gasteiger partial charge in [0.2, 0.25) is 0 Å². The Morgan fingerprint density at radius 3 is 2.81 bits per heavy atom. The summed E-state index contributed by atoms with van der Waals surface area (Å²) in [4.78, 5) is 8.34. The summed E-state index contributed by atoms with van der Waals surface area (Å²) in [5.41, 5.74) is 0.863. The van der Waals surface area contributed by atoms with E-state index in [4.69, 9.17) is 4.42 Å². The van der Waals surface area contributed by atoms with Crippen molar-refractivity contribution in [2.24, 2.45) is 0 Å². The molecule has 0 saturated carbocycles. The average molecular weight is 217 g/mol. The maximum Gasteiger partial charge on any atom is 0.127 e. The van der Waals surface area contributed by atoms with Crippen molar-refractivity contribution in [2.75, 3.05) is 7.05 Å². The van der Waals surface area contributed by atoms with Gasteiger partial charge in [-0.15, -0.1) is 0 Å². The van der Waals surface area contributed by atoms with E-state index in [1.165, 1.54) is 0 Å². The van der Waals surface area contributed by atoms with Gasteiger partial charge in [-0.25, -0.2) is 0 Å². The van der Waals surface area contributed by atoms with Gasteiger partial charge in [-0.2, -0.15) is 0 Å². The van der Waals surface area contributed by atoms with Gasteiger partial charge in [-0.3, -0.25) is 9.97 Å². The third-order valence-corrected chi connectivity index (χ3v) is 2.48. The van der Waals surface area contributed by atoms with E-state index in [0.717, 1.165) is 23.6 Å². The largest absolute Gasteiger partial charge is 0.464 e. The van der Waals surface area contributed by atoms with Crippen LogP contribution < -0.4 is 5.32 Å². The van der Waals surface area contributed by atoms with Crippen LogP contribution in [0.25, 0.3) is 0 Å². The molecule has 84 valence electrons. The van der Waals surface area contributed by atoms with Crippen molar-refractivity contribution in [3.05, 3.63) is 47.9 Å². The number of hydrogen-bond acceptors (Lipinski definition) is 4. The minimum Gasteiger partial charge on any atom is -0.464 e. The van der Waals surface area contributed by atoms with Crippen LogP contribution in [0.1, 0.15) is 30.2 Å². The maximum atomic E-state index is 5.71. The molecule has 0 aromatic carbocycles. The van der Waals surface area contributed by atoms with E-state index in [-0.39, 0.29) is 6.04 Å². The molecule has 1 N–H and O–H groups in total. The van der Waals surface area contributed by atoms with E-state index in [9.17, 15) is 0 Å². The van der Waals surface area contributed by atoms with E-state index in [1.54, 1.807) is 18.6 Å². The highest BCUT2D eigenvalue weighted by Crippen LogP contribution is 2.21. The lowest BCUT2D eigenvalue weighted by Crippen LogP contribution is -2.18. The van der Waals surface area contributed by atoms with Crippen molar-refractivity contribution >= 4 is 0 Å². The van der Waals surface area contributed by atoms with Crippen LogP contribution in [0, 0.1) is 0 Å². The van der Waals surface area contributed by atoms with Gasteiger partial charge < -0.3 is 9.73 Å². The van der Waals surface area contributed by atoms with Crippen LogP contribution in [0.4, 0.5) is 0 Å². The summed E-state index contributed by atoms with van der Waals surface area (Å²) in [6.45, 7) is 2.07. The second kappa shape index (κ2) is 4.90. The Labute approximate surface area is 94.7 Å². The zero-order valence-electron chi connectivity index (χ0n) is 9.47. The Bertz CT molecular complexity index is 439. The topological polar surface area (TPSA) is 51.0 Å².